The lowest BCUT2D eigenvalue weighted by molar-refractivity contribution is -0.142. The number of likely N-dealkylation sites (N-methyl/N-ethyl adjacent to an activating group) is 1. The van der Waals surface area contributed by atoms with Crippen molar-refractivity contribution in [3.05, 3.63) is 28.7 Å². The molecule has 19 heavy (non-hydrogen) atoms. The minimum atomic E-state index is -1.35. The quantitative estimate of drug-likeness (QED) is 0.564. The van der Waals surface area contributed by atoms with Crippen molar-refractivity contribution in [2.75, 3.05) is 12.4 Å². The Bertz CT molecular complexity index is 687. The Morgan fingerprint density at radius 2 is 2.16 bits per heavy atom. The molecule has 0 radical (unpaired) electrons. The number of carbonyl (C=O) groups excluding carboxylic acids is 1. The van der Waals surface area contributed by atoms with Gasteiger partial charge in [0.15, 0.2) is 11.6 Å². The molecule has 2 aromatic rings. The van der Waals surface area contributed by atoms with Crippen LogP contribution in [0.15, 0.2) is 27.4 Å². The molecular formula is C11H11N3O5. The van der Waals surface area contributed by atoms with Gasteiger partial charge >= 0.3 is 11.7 Å². The smallest absolute Gasteiger partial charge is 0.417 e. The second-order valence-corrected chi connectivity index (χ2v) is 3.77. The molecule has 0 bridgehead atoms. The highest BCUT2D eigenvalue weighted by Crippen LogP contribution is 2.16. The average Bonchev–Trinajstić information content (AvgIpc) is 2.68. The van der Waals surface area contributed by atoms with Gasteiger partial charge in [-0.15, -0.1) is 0 Å². The van der Waals surface area contributed by atoms with Gasteiger partial charge in [-0.3, -0.25) is 15.1 Å². The van der Waals surface area contributed by atoms with Crippen LogP contribution in [0.5, 0.6) is 0 Å². The van der Waals surface area contributed by atoms with Gasteiger partial charge in [-0.2, -0.15) is 0 Å². The van der Waals surface area contributed by atoms with Crippen molar-refractivity contribution in [1.29, 1.82) is 0 Å². The number of carbonyl (C=O) groups is 2. The number of fused-ring (bicyclic) bond motifs is 1. The molecule has 1 atom stereocenters. The maximum absolute atomic E-state index is 11.7. The molecule has 100 valence electrons. The number of rotatable bonds is 4. The average molecular weight is 265 g/mol. The zero-order chi connectivity index (χ0) is 14.0. The van der Waals surface area contributed by atoms with Crippen molar-refractivity contribution < 1.29 is 19.1 Å². The summed E-state index contributed by atoms with van der Waals surface area (Å²) in [5.41, 5.74) is 1.10. The van der Waals surface area contributed by atoms with Crippen LogP contribution in [0.1, 0.15) is 0 Å². The molecule has 0 saturated heterocycles. The van der Waals surface area contributed by atoms with Crippen LogP contribution < -0.4 is 16.4 Å². The largest absolute Gasteiger partial charge is 0.480 e. The Hall–Kier alpha value is -2.61. The molecule has 1 amide bonds. The van der Waals surface area contributed by atoms with Crippen molar-refractivity contribution >= 4 is 28.7 Å². The number of benzene rings is 1. The van der Waals surface area contributed by atoms with E-state index in [4.69, 9.17) is 9.52 Å². The van der Waals surface area contributed by atoms with Gasteiger partial charge in [-0.25, -0.2) is 9.59 Å². The normalized spacial score (nSPS) is 12.3. The summed E-state index contributed by atoms with van der Waals surface area (Å²) in [7, 11) is 1.37. The first-order valence-corrected chi connectivity index (χ1v) is 5.35. The minimum absolute atomic E-state index is 0.277. The number of carboxylic acids is 1. The molecule has 0 aliphatic heterocycles. The summed E-state index contributed by atoms with van der Waals surface area (Å²) in [6, 6.07) is 3.15. The van der Waals surface area contributed by atoms with Crippen molar-refractivity contribution in [2.45, 2.75) is 6.04 Å². The molecule has 0 fully saturated rings. The van der Waals surface area contributed by atoms with E-state index in [0.29, 0.717) is 11.2 Å². The first-order chi connectivity index (χ1) is 9.01. The summed E-state index contributed by atoms with van der Waals surface area (Å²) >= 11 is 0. The van der Waals surface area contributed by atoms with Gasteiger partial charge < -0.3 is 14.8 Å². The first-order valence-electron chi connectivity index (χ1n) is 5.35. The van der Waals surface area contributed by atoms with E-state index in [0.717, 1.165) is 0 Å². The lowest BCUT2D eigenvalue weighted by Crippen LogP contribution is -2.44. The Kier molecular flexibility index (Phi) is 3.34. The summed E-state index contributed by atoms with van der Waals surface area (Å²) in [6.45, 7) is 0. The molecule has 0 saturated carbocycles. The van der Waals surface area contributed by atoms with Crippen molar-refractivity contribution in [1.82, 2.24) is 10.3 Å². The first kappa shape index (κ1) is 12.8. The van der Waals surface area contributed by atoms with Crippen molar-refractivity contribution in [3.63, 3.8) is 0 Å². The van der Waals surface area contributed by atoms with E-state index in [1.165, 1.54) is 19.2 Å². The van der Waals surface area contributed by atoms with Gasteiger partial charge in [0, 0.05) is 11.8 Å². The van der Waals surface area contributed by atoms with E-state index in [-0.39, 0.29) is 5.58 Å². The summed E-state index contributed by atoms with van der Waals surface area (Å²) in [4.78, 5) is 35.9. The fourth-order valence-corrected chi connectivity index (χ4v) is 1.60. The van der Waals surface area contributed by atoms with Crippen LogP contribution in [-0.2, 0) is 9.59 Å². The Balaban J connectivity index is 2.23. The van der Waals surface area contributed by atoms with Crippen LogP contribution in [0.4, 0.5) is 5.69 Å². The van der Waals surface area contributed by atoms with E-state index in [1.807, 2.05) is 0 Å². The highest BCUT2D eigenvalue weighted by atomic mass is 16.4. The maximum atomic E-state index is 11.7. The van der Waals surface area contributed by atoms with Crippen molar-refractivity contribution in [3.8, 4) is 0 Å². The Labute approximate surface area is 106 Å². The van der Waals surface area contributed by atoms with Gasteiger partial charge in [0.2, 0.25) is 0 Å². The zero-order valence-corrected chi connectivity index (χ0v) is 9.89. The molecule has 8 heteroatoms. The number of hydrogen-bond donors (Lipinski definition) is 4. The standard InChI is InChI=1S/C11H11N3O5/c1-12-8(10(16)17)9(15)13-5-2-3-6-7(4-5)19-11(18)14-6/h2-4,8,12H,1H3,(H,13,15)(H,14,18)(H,16,17). The molecule has 2 rings (SSSR count). The van der Waals surface area contributed by atoms with Gasteiger partial charge in [-0.05, 0) is 19.2 Å². The van der Waals surface area contributed by atoms with Crippen LogP contribution in [-0.4, -0.2) is 35.1 Å². The van der Waals surface area contributed by atoms with Crippen molar-refractivity contribution in [2.24, 2.45) is 0 Å². The van der Waals surface area contributed by atoms with Crippen LogP contribution in [0, 0.1) is 0 Å². The molecule has 0 spiro atoms. The number of carboxylic acid groups (broad SMARTS) is 1. The zero-order valence-electron chi connectivity index (χ0n) is 9.89. The third-order valence-electron chi connectivity index (χ3n) is 2.49. The number of anilines is 1. The predicted octanol–water partition coefficient (Wildman–Crippen LogP) is -0.268. The van der Waals surface area contributed by atoms with E-state index in [2.05, 4.69) is 15.6 Å². The molecule has 0 aliphatic rings. The van der Waals surface area contributed by atoms with Crippen LogP contribution in [0.3, 0.4) is 0 Å². The highest BCUT2D eigenvalue weighted by molar-refractivity contribution is 6.08. The fourth-order valence-electron chi connectivity index (χ4n) is 1.60. The van der Waals surface area contributed by atoms with E-state index < -0.39 is 23.7 Å². The fraction of sp³-hybridized carbons (Fsp3) is 0.182. The van der Waals surface area contributed by atoms with Gasteiger partial charge in [0.1, 0.15) is 0 Å². The molecule has 4 N–H and O–H groups in total. The minimum Gasteiger partial charge on any atom is -0.480 e. The lowest BCUT2D eigenvalue weighted by atomic mass is 10.2. The number of aromatic nitrogens is 1. The Morgan fingerprint density at radius 1 is 1.42 bits per heavy atom. The number of nitrogens with one attached hydrogen (secondary N) is 3. The van der Waals surface area contributed by atoms with E-state index >= 15 is 0 Å². The maximum Gasteiger partial charge on any atom is 0.417 e. The third kappa shape index (κ3) is 2.63. The Morgan fingerprint density at radius 3 is 2.79 bits per heavy atom. The number of amides is 1. The summed E-state index contributed by atoms with van der Waals surface area (Å²) in [5.74, 6) is -2.60. The lowest BCUT2D eigenvalue weighted by Gasteiger charge is -2.11. The second-order valence-electron chi connectivity index (χ2n) is 3.77. The molecular weight excluding hydrogens is 254 g/mol. The third-order valence-corrected chi connectivity index (χ3v) is 2.49. The number of hydrogen-bond acceptors (Lipinski definition) is 5. The number of oxazole rings is 1. The number of aromatic amines is 1. The van der Waals surface area contributed by atoms with E-state index in [1.54, 1.807) is 6.07 Å². The SMILES string of the molecule is CNC(C(=O)O)C(=O)Nc1ccc2[nH]c(=O)oc2c1. The molecule has 1 aromatic carbocycles. The van der Waals surface area contributed by atoms with Crippen LogP contribution in [0.25, 0.3) is 11.1 Å². The molecule has 1 unspecified atom stereocenters. The molecule has 8 nitrogen and oxygen atoms in total. The summed E-state index contributed by atoms with van der Waals surface area (Å²) in [5, 5.41) is 13.6. The van der Waals surface area contributed by atoms with Crippen LogP contribution in [0.2, 0.25) is 0 Å². The van der Waals surface area contributed by atoms with Gasteiger partial charge in [0.05, 0.1) is 5.52 Å². The van der Waals surface area contributed by atoms with Gasteiger partial charge in [-0.1, -0.05) is 0 Å². The highest BCUT2D eigenvalue weighted by Gasteiger charge is 2.24. The summed E-state index contributed by atoms with van der Waals surface area (Å²) in [6.07, 6.45) is 0. The number of aliphatic carboxylic acids is 1. The van der Waals surface area contributed by atoms with Gasteiger partial charge in [0.25, 0.3) is 5.91 Å². The monoisotopic (exact) mass is 265 g/mol. The summed E-state index contributed by atoms with van der Waals surface area (Å²) < 4.78 is 4.83. The van der Waals surface area contributed by atoms with Crippen LogP contribution >= 0.6 is 0 Å². The topological polar surface area (TPSA) is 124 Å². The van der Waals surface area contributed by atoms with E-state index in [9.17, 15) is 14.4 Å². The molecule has 0 aliphatic carbocycles. The molecule has 1 aromatic heterocycles. The molecule has 1 heterocycles. The predicted molar refractivity (Wildman–Crippen MR) is 65.9 cm³/mol. The second kappa shape index (κ2) is 4.94. The number of H-pyrrole nitrogens is 1.